The third kappa shape index (κ3) is 10.4. The number of nitrogens with zero attached hydrogens (tertiary/aromatic N) is 2. The van der Waals surface area contributed by atoms with Crippen LogP contribution >= 0.6 is 0 Å². The van der Waals surface area contributed by atoms with Crippen molar-refractivity contribution in [1.29, 1.82) is 0 Å². The molecular weight excluding hydrogens is 328 g/mol. The van der Waals surface area contributed by atoms with Crippen LogP contribution in [-0.4, -0.2) is 9.55 Å². The zero-order chi connectivity index (χ0) is 19.7. The summed E-state index contributed by atoms with van der Waals surface area (Å²) in [5.74, 6) is 2.04. The van der Waals surface area contributed by atoms with E-state index < -0.39 is 0 Å². The maximum Gasteiger partial charge on any atom is 0.111 e. The fourth-order valence-electron chi connectivity index (χ4n) is 4.23. The van der Waals surface area contributed by atoms with Crippen LogP contribution in [0.15, 0.2) is 12.4 Å². The van der Waals surface area contributed by atoms with Crippen molar-refractivity contribution in [2.75, 3.05) is 0 Å². The molecule has 158 valence electrons. The summed E-state index contributed by atoms with van der Waals surface area (Å²) in [6, 6.07) is 0.595. The van der Waals surface area contributed by atoms with Gasteiger partial charge in [0.15, 0.2) is 0 Å². The summed E-state index contributed by atoms with van der Waals surface area (Å²) in [6.07, 6.45) is 26.0. The first kappa shape index (κ1) is 24.2. The van der Waals surface area contributed by atoms with E-state index >= 15 is 0 Å². The molecule has 2 atom stereocenters. The Bertz CT molecular complexity index is 437. The Morgan fingerprint density at radius 3 is 1.85 bits per heavy atom. The van der Waals surface area contributed by atoms with Crippen LogP contribution in [0, 0.1) is 0 Å². The van der Waals surface area contributed by atoms with Crippen LogP contribution in [0.2, 0.25) is 0 Å². The summed E-state index contributed by atoms with van der Waals surface area (Å²) >= 11 is 0. The molecule has 2 nitrogen and oxygen atoms in total. The quantitative estimate of drug-likeness (QED) is 0.234. The second-order valence-corrected chi connectivity index (χ2v) is 8.64. The molecule has 0 radical (unpaired) electrons. The van der Waals surface area contributed by atoms with Gasteiger partial charge in [-0.25, -0.2) is 4.98 Å². The van der Waals surface area contributed by atoms with Crippen LogP contribution in [0.25, 0.3) is 0 Å². The van der Waals surface area contributed by atoms with Gasteiger partial charge in [0.05, 0.1) is 0 Å². The number of aromatic nitrogens is 2. The van der Waals surface area contributed by atoms with E-state index in [2.05, 4.69) is 38.5 Å². The summed E-state index contributed by atoms with van der Waals surface area (Å²) in [6.45, 7) is 9.29. The van der Waals surface area contributed by atoms with E-state index in [-0.39, 0.29) is 0 Å². The molecule has 0 amide bonds. The Morgan fingerprint density at radius 1 is 0.704 bits per heavy atom. The van der Waals surface area contributed by atoms with E-state index in [1.807, 2.05) is 6.20 Å². The first-order valence-corrected chi connectivity index (χ1v) is 12.3. The second-order valence-electron chi connectivity index (χ2n) is 8.64. The predicted octanol–water partition coefficient (Wildman–Crippen LogP) is 8.83. The van der Waals surface area contributed by atoms with Crippen molar-refractivity contribution < 1.29 is 0 Å². The molecule has 0 spiro atoms. The van der Waals surface area contributed by atoms with E-state index in [4.69, 9.17) is 4.98 Å². The minimum absolute atomic E-state index is 0.595. The highest BCUT2D eigenvalue weighted by Gasteiger charge is 2.19. The highest BCUT2D eigenvalue weighted by atomic mass is 15.1. The Morgan fingerprint density at radius 2 is 1.19 bits per heavy atom. The molecule has 1 aromatic heterocycles. The summed E-state index contributed by atoms with van der Waals surface area (Å²) in [7, 11) is 0. The average molecular weight is 377 g/mol. The molecule has 0 bridgehead atoms. The maximum absolute atomic E-state index is 4.85. The monoisotopic (exact) mass is 376 g/mol. The molecule has 2 unspecified atom stereocenters. The molecule has 0 aliphatic heterocycles. The smallest absolute Gasteiger partial charge is 0.111 e. The Hall–Kier alpha value is -0.790. The molecule has 0 aromatic carbocycles. The molecule has 1 heterocycles. The lowest BCUT2D eigenvalue weighted by Crippen LogP contribution is -2.13. The van der Waals surface area contributed by atoms with Gasteiger partial charge in [0.1, 0.15) is 5.82 Å². The number of hydrogen-bond donors (Lipinski definition) is 0. The fraction of sp³-hybridized carbons (Fsp3) is 0.880. The summed E-state index contributed by atoms with van der Waals surface area (Å²) in [4.78, 5) is 4.85. The number of unbranched alkanes of at least 4 members (excludes halogenated alkanes) is 10. The second kappa shape index (κ2) is 16.2. The van der Waals surface area contributed by atoms with E-state index in [9.17, 15) is 0 Å². The number of rotatable bonds is 18. The molecule has 0 aliphatic carbocycles. The van der Waals surface area contributed by atoms with E-state index in [1.54, 1.807) is 0 Å². The van der Waals surface area contributed by atoms with Crippen molar-refractivity contribution in [3.05, 3.63) is 18.2 Å². The predicted molar refractivity (Wildman–Crippen MR) is 121 cm³/mol. The van der Waals surface area contributed by atoms with E-state index in [0.717, 1.165) is 0 Å². The van der Waals surface area contributed by atoms with Crippen molar-refractivity contribution in [3.8, 4) is 0 Å². The van der Waals surface area contributed by atoms with Crippen LogP contribution in [0.5, 0.6) is 0 Å². The normalized spacial score (nSPS) is 13.8. The summed E-state index contributed by atoms with van der Waals surface area (Å²) in [5, 5.41) is 0. The standard InChI is InChI=1S/C25H48N2/c1-5-8-11-13-14-17-20-24(19-15-10-7-3)25-26-21-22-27(25)23(4)18-16-12-9-6-2/h21-24H,5-20H2,1-4H3. The van der Waals surface area contributed by atoms with Crippen molar-refractivity contribution in [1.82, 2.24) is 9.55 Å². The minimum Gasteiger partial charge on any atom is -0.332 e. The summed E-state index contributed by atoms with van der Waals surface area (Å²) < 4.78 is 2.51. The third-order valence-corrected chi connectivity index (χ3v) is 6.08. The Kier molecular flexibility index (Phi) is 14.5. The highest BCUT2D eigenvalue weighted by molar-refractivity contribution is 5.02. The van der Waals surface area contributed by atoms with Gasteiger partial charge in [0.25, 0.3) is 0 Å². The van der Waals surface area contributed by atoms with Crippen LogP contribution in [0.4, 0.5) is 0 Å². The zero-order valence-corrected chi connectivity index (χ0v) is 19.0. The molecule has 0 fully saturated rings. The van der Waals surface area contributed by atoms with Gasteiger partial charge in [-0.15, -0.1) is 0 Å². The van der Waals surface area contributed by atoms with Gasteiger partial charge in [-0.3, -0.25) is 0 Å². The maximum atomic E-state index is 4.85. The van der Waals surface area contributed by atoms with Crippen molar-refractivity contribution in [2.45, 2.75) is 142 Å². The van der Waals surface area contributed by atoms with Crippen molar-refractivity contribution >= 4 is 0 Å². The largest absolute Gasteiger partial charge is 0.332 e. The van der Waals surface area contributed by atoms with Gasteiger partial charge in [0, 0.05) is 24.4 Å². The lowest BCUT2D eigenvalue weighted by Gasteiger charge is -2.22. The molecule has 0 aliphatic rings. The van der Waals surface area contributed by atoms with Gasteiger partial charge in [-0.2, -0.15) is 0 Å². The zero-order valence-electron chi connectivity index (χ0n) is 19.0. The fourth-order valence-corrected chi connectivity index (χ4v) is 4.23. The molecule has 2 heteroatoms. The Labute approximate surface area is 170 Å². The Balaban J connectivity index is 2.58. The van der Waals surface area contributed by atoms with Crippen LogP contribution in [0.3, 0.4) is 0 Å². The third-order valence-electron chi connectivity index (χ3n) is 6.08. The molecule has 1 aromatic rings. The lowest BCUT2D eigenvalue weighted by atomic mass is 9.93. The topological polar surface area (TPSA) is 17.8 Å². The first-order valence-electron chi connectivity index (χ1n) is 12.3. The molecule has 0 saturated heterocycles. The van der Waals surface area contributed by atoms with Crippen LogP contribution < -0.4 is 0 Å². The van der Waals surface area contributed by atoms with Gasteiger partial charge in [-0.05, 0) is 26.2 Å². The SMILES string of the molecule is CCCCCCCCC(CCCCC)c1nccn1C(C)CCCCCC. The highest BCUT2D eigenvalue weighted by Crippen LogP contribution is 2.30. The number of hydrogen-bond acceptors (Lipinski definition) is 1. The number of imidazole rings is 1. The van der Waals surface area contributed by atoms with Crippen molar-refractivity contribution in [2.24, 2.45) is 0 Å². The summed E-state index contributed by atoms with van der Waals surface area (Å²) in [5.41, 5.74) is 0. The molecule has 0 saturated carbocycles. The molecular formula is C25H48N2. The van der Waals surface area contributed by atoms with Crippen LogP contribution in [0.1, 0.15) is 148 Å². The van der Waals surface area contributed by atoms with Gasteiger partial charge in [-0.1, -0.05) is 104 Å². The van der Waals surface area contributed by atoms with Gasteiger partial charge >= 0.3 is 0 Å². The molecule has 0 N–H and O–H groups in total. The van der Waals surface area contributed by atoms with Gasteiger partial charge < -0.3 is 4.57 Å². The van der Waals surface area contributed by atoms with Crippen LogP contribution in [-0.2, 0) is 0 Å². The van der Waals surface area contributed by atoms with E-state index in [1.165, 1.54) is 109 Å². The van der Waals surface area contributed by atoms with Crippen molar-refractivity contribution in [3.63, 3.8) is 0 Å². The molecule has 1 rings (SSSR count). The average Bonchev–Trinajstić information content (AvgIpc) is 3.16. The molecule has 27 heavy (non-hydrogen) atoms. The first-order chi connectivity index (χ1) is 13.2. The minimum atomic E-state index is 0.595. The van der Waals surface area contributed by atoms with E-state index in [0.29, 0.717) is 12.0 Å². The van der Waals surface area contributed by atoms with Gasteiger partial charge in [0.2, 0.25) is 0 Å². The lowest BCUT2D eigenvalue weighted by molar-refractivity contribution is 0.415.